The number of anilines is 1. The molecule has 0 aliphatic carbocycles. The van der Waals surface area contributed by atoms with Crippen molar-refractivity contribution >= 4 is 11.4 Å². The number of rotatable bonds is 3. The summed E-state index contributed by atoms with van der Waals surface area (Å²) >= 11 is 0. The Balaban J connectivity index is 1.62. The van der Waals surface area contributed by atoms with E-state index in [0.29, 0.717) is 6.54 Å². The smallest absolute Gasteiger partial charge is 0.269 e. The molecule has 7 heteroatoms. The molecule has 0 unspecified atom stereocenters. The molecule has 1 aliphatic heterocycles. The van der Waals surface area contributed by atoms with Crippen molar-refractivity contribution in [3.63, 3.8) is 0 Å². The van der Waals surface area contributed by atoms with Gasteiger partial charge in [0.05, 0.1) is 11.5 Å². The Labute approximate surface area is 144 Å². The molecule has 2 heterocycles. The first-order valence-electron chi connectivity index (χ1n) is 8.11. The Bertz CT molecular complexity index is 936. The number of benzene rings is 2. The lowest BCUT2D eigenvalue weighted by atomic mass is 10.1. The molecule has 0 saturated heterocycles. The molecule has 3 aromatic rings. The quantitative estimate of drug-likeness (QED) is 0.543. The zero-order valence-electron chi connectivity index (χ0n) is 13.8. The molecule has 0 N–H and O–H groups in total. The minimum absolute atomic E-state index is 0.118. The van der Waals surface area contributed by atoms with Crippen LogP contribution in [-0.4, -0.2) is 26.2 Å². The van der Waals surface area contributed by atoms with E-state index in [9.17, 15) is 10.1 Å². The van der Waals surface area contributed by atoms with Crippen LogP contribution in [0.15, 0.2) is 48.5 Å². The predicted molar refractivity (Wildman–Crippen MR) is 94.3 cm³/mol. The zero-order valence-corrected chi connectivity index (χ0v) is 13.8. The lowest BCUT2D eigenvalue weighted by Gasteiger charge is -2.30. The molecule has 0 fully saturated rings. The average Bonchev–Trinajstić information content (AvgIpc) is 3.05. The first-order valence-corrected chi connectivity index (χ1v) is 8.11. The van der Waals surface area contributed by atoms with Gasteiger partial charge in [-0.15, -0.1) is 10.2 Å². The average molecular weight is 335 g/mol. The highest BCUT2D eigenvalue weighted by Gasteiger charge is 2.23. The fourth-order valence-electron chi connectivity index (χ4n) is 3.27. The van der Waals surface area contributed by atoms with E-state index in [2.05, 4.69) is 19.7 Å². The molecule has 0 saturated carbocycles. The van der Waals surface area contributed by atoms with Gasteiger partial charge in [-0.25, -0.2) is 0 Å². The number of aryl methyl sites for hydroxylation is 1. The lowest BCUT2D eigenvalue weighted by molar-refractivity contribution is -0.384. The van der Waals surface area contributed by atoms with Gasteiger partial charge in [-0.05, 0) is 18.6 Å². The van der Waals surface area contributed by atoms with E-state index >= 15 is 0 Å². The Morgan fingerprint density at radius 1 is 1.08 bits per heavy atom. The largest absolute Gasteiger partial charge is 0.362 e. The number of nitrogens with zero attached hydrogens (tertiary/aromatic N) is 5. The Morgan fingerprint density at radius 3 is 2.60 bits per heavy atom. The highest BCUT2D eigenvalue weighted by atomic mass is 16.6. The summed E-state index contributed by atoms with van der Waals surface area (Å²) in [4.78, 5) is 12.7. The van der Waals surface area contributed by atoms with Gasteiger partial charge in [-0.1, -0.05) is 30.3 Å². The van der Waals surface area contributed by atoms with E-state index in [-0.39, 0.29) is 10.6 Å². The first kappa shape index (κ1) is 15.3. The molecule has 0 atom stereocenters. The molecule has 0 amide bonds. The molecular weight excluding hydrogens is 318 g/mol. The summed E-state index contributed by atoms with van der Waals surface area (Å²) < 4.78 is 2.15. The summed E-state index contributed by atoms with van der Waals surface area (Å²) in [6.07, 6.45) is 0. The molecule has 4 rings (SSSR count). The van der Waals surface area contributed by atoms with Crippen molar-refractivity contribution in [1.29, 1.82) is 0 Å². The third-order valence-electron chi connectivity index (χ3n) is 4.52. The van der Waals surface area contributed by atoms with E-state index in [4.69, 9.17) is 0 Å². The fraction of sp³-hybridized carbons (Fsp3) is 0.222. The minimum Gasteiger partial charge on any atom is -0.362 e. The van der Waals surface area contributed by atoms with Gasteiger partial charge in [0.15, 0.2) is 11.6 Å². The molecule has 0 radical (unpaired) electrons. The topological polar surface area (TPSA) is 77.1 Å². The van der Waals surface area contributed by atoms with Crippen LogP contribution in [0.1, 0.15) is 11.4 Å². The SMILES string of the molecule is Cc1cc([N+](=O)[O-])ccc1N1CCn2c(nnc2-c2ccccc2)C1. The monoisotopic (exact) mass is 335 g/mol. The number of nitro groups is 1. The molecule has 0 bridgehead atoms. The summed E-state index contributed by atoms with van der Waals surface area (Å²) in [5.74, 6) is 1.79. The number of aromatic nitrogens is 3. The third-order valence-corrected chi connectivity index (χ3v) is 4.52. The summed E-state index contributed by atoms with van der Waals surface area (Å²) in [6, 6.07) is 15.0. The summed E-state index contributed by atoms with van der Waals surface area (Å²) in [6.45, 7) is 4.13. The molecule has 2 aromatic carbocycles. The molecule has 7 nitrogen and oxygen atoms in total. The van der Waals surface area contributed by atoms with Crippen molar-refractivity contribution in [2.45, 2.75) is 20.0 Å². The molecular formula is C18H17N5O2. The van der Waals surface area contributed by atoms with Crippen LogP contribution in [0.4, 0.5) is 11.4 Å². The van der Waals surface area contributed by atoms with Crippen molar-refractivity contribution in [3.8, 4) is 11.4 Å². The highest BCUT2D eigenvalue weighted by Crippen LogP contribution is 2.29. The van der Waals surface area contributed by atoms with Gasteiger partial charge in [0.2, 0.25) is 0 Å². The van der Waals surface area contributed by atoms with Gasteiger partial charge >= 0.3 is 0 Å². The van der Waals surface area contributed by atoms with Crippen LogP contribution in [-0.2, 0) is 13.1 Å². The maximum absolute atomic E-state index is 10.9. The first-order chi connectivity index (χ1) is 12.1. The number of hydrogen-bond acceptors (Lipinski definition) is 5. The number of nitro benzene ring substituents is 1. The zero-order chi connectivity index (χ0) is 17.4. The van der Waals surface area contributed by atoms with Crippen LogP contribution in [0.5, 0.6) is 0 Å². The lowest BCUT2D eigenvalue weighted by Crippen LogP contribution is -2.34. The van der Waals surface area contributed by atoms with Crippen molar-refractivity contribution in [3.05, 3.63) is 70.0 Å². The number of hydrogen-bond donors (Lipinski definition) is 0. The molecule has 126 valence electrons. The predicted octanol–water partition coefficient (Wildman–Crippen LogP) is 3.18. The van der Waals surface area contributed by atoms with Crippen LogP contribution in [0.25, 0.3) is 11.4 Å². The van der Waals surface area contributed by atoms with Crippen molar-refractivity contribution in [2.75, 3.05) is 11.4 Å². The van der Waals surface area contributed by atoms with Gasteiger partial charge in [0, 0.05) is 36.5 Å². The van der Waals surface area contributed by atoms with Crippen molar-refractivity contribution < 1.29 is 4.92 Å². The van der Waals surface area contributed by atoms with Crippen LogP contribution in [0, 0.1) is 17.0 Å². The minimum atomic E-state index is -0.365. The van der Waals surface area contributed by atoms with Crippen LogP contribution >= 0.6 is 0 Å². The summed E-state index contributed by atoms with van der Waals surface area (Å²) in [5.41, 5.74) is 3.07. The standard InChI is InChI=1S/C18H17N5O2/c1-13-11-15(23(24)25)7-8-16(13)21-9-10-22-17(12-21)19-20-18(22)14-5-3-2-4-6-14/h2-8,11H,9-10,12H2,1H3. The summed E-state index contributed by atoms with van der Waals surface area (Å²) in [7, 11) is 0. The van der Waals surface area contributed by atoms with E-state index in [0.717, 1.165) is 41.6 Å². The highest BCUT2D eigenvalue weighted by molar-refractivity contribution is 5.59. The number of non-ortho nitro benzene ring substituents is 1. The molecule has 1 aliphatic rings. The van der Waals surface area contributed by atoms with E-state index < -0.39 is 0 Å². The van der Waals surface area contributed by atoms with E-state index in [1.54, 1.807) is 12.1 Å². The maximum atomic E-state index is 10.9. The summed E-state index contributed by atoms with van der Waals surface area (Å²) in [5, 5.41) is 19.6. The van der Waals surface area contributed by atoms with Gasteiger partial charge in [0.1, 0.15) is 0 Å². The Morgan fingerprint density at radius 2 is 1.88 bits per heavy atom. The second-order valence-electron chi connectivity index (χ2n) is 6.11. The van der Waals surface area contributed by atoms with Crippen LogP contribution in [0.2, 0.25) is 0 Å². The number of fused-ring (bicyclic) bond motifs is 1. The normalized spacial score (nSPS) is 13.6. The Kier molecular flexibility index (Phi) is 3.68. The maximum Gasteiger partial charge on any atom is 0.269 e. The van der Waals surface area contributed by atoms with Gasteiger partial charge in [-0.2, -0.15) is 0 Å². The van der Waals surface area contributed by atoms with Crippen LogP contribution in [0.3, 0.4) is 0 Å². The third kappa shape index (κ3) is 2.73. The molecule has 1 aromatic heterocycles. The second-order valence-corrected chi connectivity index (χ2v) is 6.11. The van der Waals surface area contributed by atoms with Gasteiger partial charge in [-0.3, -0.25) is 10.1 Å². The second kappa shape index (κ2) is 6.01. The van der Waals surface area contributed by atoms with Crippen molar-refractivity contribution in [2.24, 2.45) is 0 Å². The fourth-order valence-corrected chi connectivity index (χ4v) is 3.27. The van der Waals surface area contributed by atoms with E-state index in [1.165, 1.54) is 0 Å². The van der Waals surface area contributed by atoms with Gasteiger partial charge < -0.3 is 9.47 Å². The van der Waals surface area contributed by atoms with Crippen molar-refractivity contribution in [1.82, 2.24) is 14.8 Å². The Hall–Kier alpha value is -3.22. The van der Waals surface area contributed by atoms with Gasteiger partial charge in [0.25, 0.3) is 5.69 Å². The van der Waals surface area contributed by atoms with Crippen LogP contribution < -0.4 is 4.90 Å². The van der Waals surface area contributed by atoms with E-state index in [1.807, 2.05) is 43.3 Å². The molecule has 25 heavy (non-hydrogen) atoms. The molecule has 0 spiro atoms.